The number of carbonyl (C=O) groups is 1. The Balaban J connectivity index is 0.00000243. The summed E-state index contributed by atoms with van der Waals surface area (Å²) in [6.07, 6.45) is 0. The van der Waals surface area contributed by atoms with Crippen LogP contribution in [0.4, 0.5) is 0 Å². The molecule has 0 saturated heterocycles. The molecule has 3 rings (SSSR count). The van der Waals surface area contributed by atoms with Gasteiger partial charge in [-0.25, -0.2) is 4.98 Å². The number of amides is 1. The van der Waals surface area contributed by atoms with E-state index in [4.69, 9.17) is 4.52 Å². The van der Waals surface area contributed by atoms with Gasteiger partial charge in [-0.3, -0.25) is 4.79 Å². The van der Waals surface area contributed by atoms with E-state index in [0.717, 1.165) is 5.56 Å². The van der Waals surface area contributed by atoms with Crippen LogP contribution in [0.3, 0.4) is 0 Å². The fourth-order valence-electron chi connectivity index (χ4n) is 2.59. The molecular formula is C19H23ClN4O2. The number of nitrogens with one attached hydrogen (secondary N) is 2. The lowest BCUT2D eigenvalue weighted by Gasteiger charge is -2.12. The predicted octanol–water partition coefficient (Wildman–Crippen LogP) is 3.27. The van der Waals surface area contributed by atoms with Crippen molar-refractivity contribution in [3.05, 3.63) is 47.2 Å². The minimum absolute atomic E-state index is 0. The third-order valence-corrected chi connectivity index (χ3v) is 4.27. The maximum Gasteiger partial charge on any atom is 0.259 e. The standard InChI is InChI=1S/C19H22N4O2.ClH/c1-11-5-7-14(8-6-11)16-9-15(18(24)21-10-12(2)20-4)17-13(3)23-25-19(17)22-16;/h5-9,12,20H,10H2,1-4H3,(H,21,24);1H. The molecule has 3 aromatic rings. The molecule has 1 unspecified atom stereocenters. The van der Waals surface area contributed by atoms with Gasteiger partial charge in [0.25, 0.3) is 11.6 Å². The molecule has 0 aliphatic heterocycles. The first kappa shape index (κ1) is 19.9. The molecule has 0 bridgehead atoms. The molecule has 2 N–H and O–H groups in total. The minimum atomic E-state index is -0.158. The van der Waals surface area contributed by atoms with Gasteiger partial charge in [0, 0.05) is 18.2 Å². The van der Waals surface area contributed by atoms with Gasteiger partial charge in [0.15, 0.2) is 0 Å². The highest BCUT2D eigenvalue weighted by molar-refractivity contribution is 6.07. The lowest BCUT2D eigenvalue weighted by Crippen LogP contribution is -2.37. The third-order valence-electron chi connectivity index (χ3n) is 4.27. The first-order valence-corrected chi connectivity index (χ1v) is 8.29. The Morgan fingerprint density at radius 2 is 1.92 bits per heavy atom. The average Bonchev–Trinajstić information content (AvgIpc) is 3.00. The Hall–Kier alpha value is -2.44. The molecule has 2 aromatic heterocycles. The number of halogens is 1. The van der Waals surface area contributed by atoms with Crippen molar-refractivity contribution in [2.24, 2.45) is 0 Å². The van der Waals surface area contributed by atoms with Gasteiger partial charge in [-0.05, 0) is 33.9 Å². The highest BCUT2D eigenvalue weighted by Crippen LogP contribution is 2.27. The molecular weight excluding hydrogens is 352 g/mol. The number of pyridine rings is 1. The Kier molecular flexibility index (Phi) is 6.34. The van der Waals surface area contributed by atoms with Crippen molar-refractivity contribution in [2.45, 2.75) is 26.8 Å². The lowest BCUT2D eigenvalue weighted by molar-refractivity contribution is 0.0952. The number of aromatic nitrogens is 2. The topological polar surface area (TPSA) is 80.0 Å². The number of nitrogens with zero attached hydrogens (tertiary/aromatic N) is 2. The van der Waals surface area contributed by atoms with Crippen LogP contribution in [0.2, 0.25) is 0 Å². The fraction of sp³-hybridized carbons (Fsp3) is 0.316. The Bertz CT molecular complexity index is 906. The number of fused-ring (bicyclic) bond motifs is 1. The average molecular weight is 375 g/mol. The monoisotopic (exact) mass is 374 g/mol. The van der Waals surface area contributed by atoms with Crippen molar-refractivity contribution >= 4 is 29.4 Å². The van der Waals surface area contributed by atoms with E-state index in [2.05, 4.69) is 20.8 Å². The van der Waals surface area contributed by atoms with E-state index in [1.807, 2.05) is 52.1 Å². The Morgan fingerprint density at radius 3 is 2.58 bits per heavy atom. The van der Waals surface area contributed by atoms with Gasteiger partial charge in [-0.15, -0.1) is 12.4 Å². The molecule has 0 saturated carbocycles. The predicted molar refractivity (Wildman–Crippen MR) is 105 cm³/mol. The van der Waals surface area contributed by atoms with Crippen molar-refractivity contribution in [2.75, 3.05) is 13.6 Å². The van der Waals surface area contributed by atoms with E-state index in [0.29, 0.717) is 34.6 Å². The van der Waals surface area contributed by atoms with Crippen LogP contribution in [0.15, 0.2) is 34.9 Å². The molecule has 1 aromatic carbocycles. The summed E-state index contributed by atoms with van der Waals surface area (Å²) in [6, 6.07) is 9.98. The summed E-state index contributed by atoms with van der Waals surface area (Å²) in [5.41, 5.74) is 4.35. The number of likely N-dealkylation sites (N-methyl/N-ethyl adjacent to an activating group) is 1. The molecule has 0 radical (unpaired) electrons. The Morgan fingerprint density at radius 1 is 1.23 bits per heavy atom. The normalized spacial score (nSPS) is 11.8. The summed E-state index contributed by atoms with van der Waals surface area (Å²) in [7, 11) is 1.86. The molecule has 26 heavy (non-hydrogen) atoms. The number of hydrogen-bond donors (Lipinski definition) is 2. The smallest absolute Gasteiger partial charge is 0.259 e. The van der Waals surface area contributed by atoms with E-state index >= 15 is 0 Å². The maximum atomic E-state index is 12.7. The van der Waals surface area contributed by atoms with Crippen molar-refractivity contribution in [3.8, 4) is 11.3 Å². The van der Waals surface area contributed by atoms with Crippen molar-refractivity contribution in [1.29, 1.82) is 0 Å². The zero-order valence-electron chi connectivity index (χ0n) is 15.3. The molecule has 0 aliphatic rings. The molecule has 0 aliphatic carbocycles. The van der Waals surface area contributed by atoms with Gasteiger partial charge in [0.2, 0.25) is 0 Å². The molecule has 0 fully saturated rings. The number of rotatable bonds is 5. The second kappa shape index (κ2) is 8.29. The largest absolute Gasteiger partial charge is 0.350 e. The highest BCUT2D eigenvalue weighted by Gasteiger charge is 2.19. The summed E-state index contributed by atoms with van der Waals surface area (Å²) in [6.45, 7) is 6.38. The van der Waals surface area contributed by atoms with Crippen LogP contribution in [0.5, 0.6) is 0 Å². The van der Waals surface area contributed by atoms with Crippen LogP contribution in [-0.2, 0) is 0 Å². The molecule has 6 nitrogen and oxygen atoms in total. The summed E-state index contributed by atoms with van der Waals surface area (Å²) >= 11 is 0. The third kappa shape index (κ3) is 4.03. The molecule has 0 spiro atoms. The molecule has 138 valence electrons. The first-order valence-electron chi connectivity index (χ1n) is 8.29. The van der Waals surface area contributed by atoms with E-state index in [-0.39, 0.29) is 24.4 Å². The zero-order chi connectivity index (χ0) is 18.0. The molecule has 1 amide bonds. The van der Waals surface area contributed by atoms with Gasteiger partial charge in [-0.1, -0.05) is 35.0 Å². The van der Waals surface area contributed by atoms with Gasteiger partial charge in [0.05, 0.1) is 22.3 Å². The first-order chi connectivity index (χ1) is 12.0. The lowest BCUT2D eigenvalue weighted by atomic mass is 10.0. The van der Waals surface area contributed by atoms with Gasteiger partial charge >= 0.3 is 0 Å². The highest BCUT2D eigenvalue weighted by atomic mass is 35.5. The van der Waals surface area contributed by atoms with E-state index in [1.165, 1.54) is 5.56 Å². The van der Waals surface area contributed by atoms with Gasteiger partial charge < -0.3 is 15.2 Å². The number of aryl methyl sites for hydroxylation is 2. The van der Waals surface area contributed by atoms with Crippen LogP contribution < -0.4 is 10.6 Å². The van der Waals surface area contributed by atoms with Crippen LogP contribution in [0.25, 0.3) is 22.4 Å². The van der Waals surface area contributed by atoms with Crippen LogP contribution in [-0.4, -0.2) is 35.7 Å². The second-order valence-electron chi connectivity index (χ2n) is 6.27. The summed E-state index contributed by atoms with van der Waals surface area (Å²) in [5, 5.41) is 10.7. The molecule has 7 heteroatoms. The van der Waals surface area contributed by atoms with Crippen molar-refractivity contribution < 1.29 is 9.32 Å². The summed E-state index contributed by atoms with van der Waals surface area (Å²) in [5.74, 6) is -0.158. The van der Waals surface area contributed by atoms with Crippen LogP contribution in [0, 0.1) is 13.8 Å². The maximum absolute atomic E-state index is 12.7. The zero-order valence-corrected chi connectivity index (χ0v) is 16.1. The molecule has 1 atom stereocenters. The second-order valence-corrected chi connectivity index (χ2v) is 6.27. The van der Waals surface area contributed by atoms with Crippen LogP contribution >= 0.6 is 12.4 Å². The van der Waals surface area contributed by atoms with Crippen molar-refractivity contribution in [1.82, 2.24) is 20.8 Å². The quantitative estimate of drug-likeness (QED) is 0.716. The molecule has 2 heterocycles. The van der Waals surface area contributed by atoms with Gasteiger partial charge in [0.1, 0.15) is 0 Å². The SMILES string of the molecule is CNC(C)CNC(=O)c1cc(-c2ccc(C)cc2)nc2onc(C)c12.Cl. The minimum Gasteiger partial charge on any atom is -0.350 e. The van der Waals surface area contributed by atoms with E-state index in [1.54, 1.807) is 6.07 Å². The van der Waals surface area contributed by atoms with E-state index in [9.17, 15) is 4.79 Å². The fourth-order valence-corrected chi connectivity index (χ4v) is 2.59. The van der Waals surface area contributed by atoms with Crippen LogP contribution in [0.1, 0.15) is 28.5 Å². The van der Waals surface area contributed by atoms with E-state index < -0.39 is 0 Å². The Labute approximate surface area is 158 Å². The van der Waals surface area contributed by atoms with Crippen molar-refractivity contribution in [3.63, 3.8) is 0 Å². The summed E-state index contributed by atoms with van der Waals surface area (Å²) in [4.78, 5) is 17.3. The number of hydrogen-bond acceptors (Lipinski definition) is 5. The number of carbonyl (C=O) groups excluding carboxylic acids is 1. The number of benzene rings is 1. The van der Waals surface area contributed by atoms with Gasteiger partial charge in [-0.2, -0.15) is 0 Å². The summed E-state index contributed by atoms with van der Waals surface area (Å²) < 4.78 is 5.32.